The van der Waals surface area contributed by atoms with Crippen LogP contribution in [0.4, 0.5) is 11.4 Å². The number of aromatic nitrogens is 1. The monoisotopic (exact) mass is 532 g/mol. The summed E-state index contributed by atoms with van der Waals surface area (Å²) < 4.78 is 0.728. The van der Waals surface area contributed by atoms with E-state index in [1.807, 2.05) is 42.5 Å². The van der Waals surface area contributed by atoms with E-state index in [4.69, 9.17) is 0 Å². The van der Waals surface area contributed by atoms with Crippen LogP contribution in [0.25, 0.3) is 6.08 Å². The molecule has 4 rings (SSSR count). The number of Topliss-reactive ketones (excluding diaryl/α,β-unsaturated/α-hetero) is 1. The second kappa shape index (κ2) is 11.1. The lowest BCUT2D eigenvalue weighted by Gasteiger charge is -2.36. The van der Waals surface area contributed by atoms with E-state index in [0.29, 0.717) is 43.0 Å². The molecule has 1 fully saturated rings. The number of para-hydroxylation sites is 1. The molecular formula is C27H25BrN4O3. The number of hydrogen-bond donors (Lipinski definition) is 1. The number of carbonyl (C=O) groups is 3. The Morgan fingerprint density at radius 3 is 2.29 bits per heavy atom. The summed E-state index contributed by atoms with van der Waals surface area (Å²) in [6.45, 7) is 3.73. The topological polar surface area (TPSA) is 82.6 Å². The Bertz CT molecular complexity index is 1250. The second-order valence-corrected chi connectivity index (χ2v) is 9.01. The van der Waals surface area contributed by atoms with Crippen molar-refractivity contribution in [1.82, 2.24) is 9.88 Å². The van der Waals surface area contributed by atoms with Gasteiger partial charge in [-0.1, -0.05) is 18.2 Å². The maximum atomic E-state index is 13.5. The number of rotatable bonds is 6. The van der Waals surface area contributed by atoms with Crippen molar-refractivity contribution in [2.75, 3.05) is 36.4 Å². The molecule has 178 valence electrons. The number of amides is 2. The fraction of sp³-hybridized carbons (Fsp3) is 0.185. The molecule has 0 saturated carbocycles. The molecule has 0 atom stereocenters. The molecule has 1 aromatic heterocycles. The first-order valence-corrected chi connectivity index (χ1v) is 12.0. The van der Waals surface area contributed by atoms with Crippen LogP contribution in [0.1, 0.15) is 22.8 Å². The molecule has 1 N–H and O–H groups in total. The Morgan fingerprint density at radius 2 is 1.66 bits per heavy atom. The number of anilines is 2. The maximum Gasteiger partial charge on any atom is 0.261 e. The maximum absolute atomic E-state index is 13.5. The first kappa shape index (κ1) is 24.3. The van der Waals surface area contributed by atoms with Gasteiger partial charge in [-0.15, -0.1) is 0 Å². The number of hydrogen-bond acceptors (Lipinski definition) is 5. The van der Waals surface area contributed by atoms with Crippen molar-refractivity contribution in [3.63, 3.8) is 0 Å². The van der Waals surface area contributed by atoms with E-state index in [9.17, 15) is 14.4 Å². The fourth-order valence-corrected chi connectivity index (χ4v) is 4.23. The van der Waals surface area contributed by atoms with E-state index < -0.39 is 5.91 Å². The average molecular weight is 533 g/mol. The van der Waals surface area contributed by atoms with E-state index in [2.05, 4.69) is 31.1 Å². The first-order chi connectivity index (χ1) is 16.9. The number of nitrogens with one attached hydrogen (secondary N) is 1. The molecule has 1 saturated heterocycles. The molecular weight excluding hydrogens is 508 g/mol. The molecule has 2 aromatic carbocycles. The number of ketones is 1. The van der Waals surface area contributed by atoms with E-state index >= 15 is 0 Å². The summed E-state index contributed by atoms with van der Waals surface area (Å²) in [6.07, 6.45) is 4.83. The molecule has 0 unspecified atom stereocenters. The van der Waals surface area contributed by atoms with Crippen molar-refractivity contribution in [1.29, 1.82) is 0 Å². The number of benzene rings is 2. The highest BCUT2D eigenvalue weighted by molar-refractivity contribution is 9.10. The minimum absolute atomic E-state index is 0.0284. The summed E-state index contributed by atoms with van der Waals surface area (Å²) in [5.74, 6) is -0.779. The normalized spacial score (nSPS) is 13.9. The smallest absolute Gasteiger partial charge is 0.261 e. The average Bonchev–Trinajstić information content (AvgIpc) is 2.89. The predicted molar refractivity (Wildman–Crippen MR) is 140 cm³/mol. The third-order valence-electron chi connectivity index (χ3n) is 5.80. The Hall–Kier alpha value is -3.78. The highest BCUT2D eigenvalue weighted by Gasteiger charge is 2.28. The van der Waals surface area contributed by atoms with Crippen molar-refractivity contribution in [2.24, 2.45) is 0 Å². The van der Waals surface area contributed by atoms with Crippen LogP contribution >= 0.6 is 15.9 Å². The molecule has 0 aliphatic carbocycles. The van der Waals surface area contributed by atoms with Gasteiger partial charge in [0.05, 0.1) is 5.69 Å². The second-order valence-electron chi connectivity index (χ2n) is 8.16. The van der Waals surface area contributed by atoms with E-state index in [1.165, 1.54) is 0 Å². The van der Waals surface area contributed by atoms with Crippen molar-refractivity contribution < 1.29 is 14.4 Å². The molecule has 7 nitrogen and oxygen atoms in total. The number of carbonyl (C=O) groups excluding carboxylic acids is 3. The van der Waals surface area contributed by atoms with Gasteiger partial charge in [0.15, 0.2) is 5.78 Å². The lowest BCUT2D eigenvalue weighted by atomic mass is 10.1. The summed E-state index contributed by atoms with van der Waals surface area (Å²) >= 11 is 3.43. The third kappa shape index (κ3) is 6.02. The minimum Gasteiger partial charge on any atom is -0.368 e. The van der Waals surface area contributed by atoms with Crippen LogP contribution in [0.5, 0.6) is 0 Å². The SMILES string of the molecule is CC(=O)c1ccc(N2CCN(C(=O)/C(=C/c3cccnc3)C(=O)Nc3ccccc3Br)CC2)cc1. The quantitative estimate of drug-likeness (QED) is 0.220. The largest absolute Gasteiger partial charge is 0.368 e. The Labute approximate surface area is 212 Å². The van der Waals surface area contributed by atoms with Gasteiger partial charge in [-0.25, -0.2) is 0 Å². The number of nitrogens with zero attached hydrogens (tertiary/aromatic N) is 3. The van der Waals surface area contributed by atoms with Gasteiger partial charge in [-0.3, -0.25) is 19.4 Å². The molecule has 0 spiro atoms. The number of piperazine rings is 1. The molecule has 1 aliphatic rings. The summed E-state index contributed by atoms with van der Waals surface area (Å²) in [5, 5.41) is 2.84. The van der Waals surface area contributed by atoms with Crippen molar-refractivity contribution in [3.8, 4) is 0 Å². The Morgan fingerprint density at radius 1 is 0.943 bits per heavy atom. The van der Waals surface area contributed by atoms with Gasteiger partial charge in [0.2, 0.25) is 0 Å². The molecule has 2 heterocycles. The van der Waals surface area contributed by atoms with E-state index in [-0.39, 0.29) is 17.3 Å². The van der Waals surface area contributed by atoms with Gasteiger partial charge in [0, 0.05) is 54.3 Å². The first-order valence-electron chi connectivity index (χ1n) is 11.2. The summed E-state index contributed by atoms with van der Waals surface area (Å²) in [7, 11) is 0. The standard InChI is InChI=1S/C27H25BrN4O3/c1-19(33)21-8-10-22(11-9-21)31-13-15-32(16-14-31)27(35)23(17-20-5-4-12-29-18-20)26(34)30-25-7-3-2-6-24(25)28/h2-12,17-18H,13-16H2,1H3,(H,30,34)/b23-17+. The predicted octanol–water partition coefficient (Wildman–Crippen LogP) is 4.42. The lowest BCUT2D eigenvalue weighted by molar-refractivity contribution is -0.129. The zero-order chi connectivity index (χ0) is 24.8. The lowest BCUT2D eigenvalue weighted by Crippen LogP contribution is -2.50. The van der Waals surface area contributed by atoms with Gasteiger partial charge in [0.1, 0.15) is 5.57 Å². The van der Waals surface area contributed by atoms with Crippen LogP contribution in [-0.4, -0.2) is 53.7 Å². The zero-order valence-corrected chi connectivity index (χ0v) is 20.9. The summed E-state index contributed by atoms with van der Waals surface area (Å²) in [4.78, 5) is 46.2. The zero-order valence-electron chi connectivity index (χ0n) is 19.3. The third-order valence-corrected chi connectivity index (χ3v) is 6.49. The van der Waals surface area contributed by atoms with Crippen LogP contribution in [-0.2, 0) is 9.59 Å². The van der Waals surface area contributed by atoms with Crippen LogP contribution in [0, 0.1) is 0 Å². The van der Waals surface area contributed by atoms with E-state index in [1.54, 1.807) is 48.5 Å². The summed E-state index contributed by atoms with van der Waals surface area (Å²) in [6, 6.07) is 18.3. The van der Waals surface area contributed by atoms with Crippen LogP contribution in [0.15, 0.2) is 83.1 Å². The molecule has 0 bridgehead atoms. The highest BCUT2D eigenvalue weighted by Crippen LogP contribution is 2.23. The molecule has 2 amide bonds. The van der Waals surface area contributed by atoms with Crippen molar-refractivity contribution in [3.05, 3.63) is 94.2 Å². The molecule has 0 radical (unpaired) electrons. The summed E-state index contributed by atoms with van der Waals surface area (Å²) in [5.41, 5.74) is 2.97. The van der Waals surface area contributed by atoms with Crippen molar-refractivity contribution in [2.45, 2.75) is 6.92 Å². The van der Waals surface area contributed by atoms with Gasteiger partial charge in [0.25, 0.3) is 11.8 Å². The molecule has 3 aromatic rings. The Kier molecular flexibility index (Phi) is 7.72. The van der Waals surface area contributed by atoms with Gasteiger partial charge in [-0.05, 0) is 77.0 Å². The Balaban J connectivity index is 1.50. The van der Waals surface area contributed by atoms with Gasteiger partial charge < -0.3 is 15.1 Å². The van der Waals surface area contributed by atoms with Crippen LogP contribution < -0.4 is 10.2 Å². The van der Waals surface area contributed by atoms with Crippen molar-refractivity contribution >= 4 is 51.0 Å². The number of pyridine rings is 1. The fourth-order valence-electron chi connectivity index (χ4n) is 3.85. The molecule has 35 heavy (non-hydrogen) atoms. The number of halogens is 1. The van der Waals surface area contributed by atoms with Crippen LogP contribution in [0.3, 0.4) is 0 Å². The van der Waals surface area contributed by atoms with Gasteiger partial charge >= 0.3 is 0 Å². The molecule has 8 heteroatoms. The molecule has 1 aliphatic heterocycles. The highest BCUT2D eigenvalue weighted by atomic mass is 79.9. The van der Waals surface area contributed by atoms with Gasteiger partial charge in [-0.2, -0.15) is 0 Å². The minimum atomic E-state index is -0.479. The van der Waals surface area contributed by atoms with E-state index in [0.717, 1.165) is 10.2 Å². The van der Waals surface area contributed by atoms with Crippen LogP contribution in [0.2, 0.25) is 0 Å².